The van der Waals surface area contributed by atoms with E-state index in [2.05, 4.69) is 20.0 Å². The van der Waals surface area contributed by atoms with Crippen molar-refractivity contribution in [2.45, 2.75) is 101 Å². The first-order valence-corrected chi connectivity index (χ1v) is 23.3. The lowest BCUT2D eigenvalue weighted by molar-refractivity contribution is -0.175. The summed E-state index contributed by atoms with van der Waals surface area (Å²) >= 11 is 0. The normalized spacial score (nSPS) is 22.2. The number of nitrogens with zero attached hydrogens (tertiary/aromatic N) is 4. The molecule has 13 nitrogen and oxygen atoms in total. The van der Waals surface area contributed by atoms with Crippen LogP contribution in [0.2, 0.25) is 0 Å². The number of carbonyl (C=O) groups is 4. The van der Waals surface area contributed by atoms with Crippen molar-refractivity contribution < 1.29 is 68.9 Å². The summed E-state index contributed by atoms with van der Waals surface area (Å²) in [6.45, 7) is -1.32. The average Bonchev–Trinajstić information content (AvgIpc) is 3.87. The molecule has 0 aliphatic heterocycles. The topological polar surface area (TPSA) is 181 Å². The number of aromatic nitrogens is 4. The Morgan fingerprint density at radius 1 is 0.644 bits per heavy atom. The number of aryl methyl sites for hydroxylation is 2. The fraction of sp³-hybridized carbons (Fsp3) is 0.423. The summed E-state index contributed by atoms with van der Waals surface area (Å²) in [5.74, 6) is -1.84. The smallest absolute Gasteiger partial charge is 0.416 e. The molecule has 0 spiro atoms. The molecule has 6 aromatic rings. The van der Waals surface area contributed by atoms with Gasteiger partial charge in [-0.3, -0.25) is 14.4 Å². The van der Waals surface area contributed by atoms with Crippen LogP contribution in [0.4, 0.5) is 35.1 Å². The molecule has 2 aromatic carbocycles. The highest BCUT2D eigenvalue weighted by Gasteiger charge is 2.69. The molecule has 0 saturated heterocycles. The lowest BCUT2D eigenvalue weighted by Gasteiger charge is -2.70. The minimum Gasteiger partial charge on any atom is -0.478 e. The lowest BCUT2D eigenvalue weighted by atomic mass is 9.38. The van der Waals surface area contributed by atoms with Crippen LogP contribution in [0.25, 0.3) is 22.1 Å². The van der Waals surface area contributed by atoms with Crippen LogP contribution in [0.1, 0.15) is 105 Å². The van der Waals surface area contributed by atoms with Crippen molar-refractivity contribution in [1.29, 1.82) is 0 Å². The van der Waals surface area contributed by atoms with Crippen LogP contribution >= 0.6 is 0 Å². The number of nitrogens with one attached hydrogen (secondary N) is 1. The minimum atomic E-state index is -4.42. The van der Waals surface area contributed by atoms with Gasteiger partial charge in [-0.15, -0.1) is 0 Å². The SMILES string of the molecule is COC(=O)CC12CC(N)(C1)C2.COC(=O)CC12CC(NC(=O)c3cn(CCF)c4nccc(Cc5ccc(C(F)(F)F)cc5)c34)(C1)C2.O=C(O)c1cn(CCF)c2nccc(Cc3ccc(C(F)(F)F)cc3)c12. The second kappa shape index (κ2) is 19.8. The van der Waals surface area contributed by atoms with Crippen LogP contribution in [0.15, 0.2) is 85.5 Å². The average molecular weight is 1030 g/mol. The Kier molecular flexibility index (Phi) is 14.3. The molecule has 12 rings (SSSR count). The van der Waals surface area contributed by atoms with Gasteiger partial charge in [0.05, 0.1) is 62.4 Å². The van der Waals surface area contributed by atoms with Crippen molar-refractivity contribution in [2.24, 2.45) is 16.6 Å². The first-order valence-electron chi connectivity index (χ1n) is 23.3. The Labute approximate surface area is 413 Å². The summed E-state index contributed by atoms with van der Waals surface area (Å²) in [7, 11) is 2.79. The number of hydrogen-bond donors (Lipinski definition) is 3. The van der Waals surface area contributed by atoms with Gasteiger partial charge in [0.1, 0.15) is 24.6 Å². The highest BCUT2D eigenvalue weighted by molar-refractivity contribution is 6.08. The van der Waals surface area contributed by atoms with Crippen LogP contribution in [-0.4, -0.2) is 86.7 Å². The van der Waals surface area contributed by atoms with Crippen LogP contribution < -0.4 is 11.1 Å². The predicted molar refractivity (Wildman–Crippen MR) is 250 cm³/mol. The molecular weight excluding hydrogens is 973 g/mol. The second-order valence-electron chi connectivity index (χ2n) is 19.9. The zero-order valence-electron chi connectivity index (χ0n) is 39.8. The standard InChI is InChI=1S/C26H25F4N3O3.C18H14F4N2O2.C8H13NO2/c1-36-20(34)11-24-13-25(14-24,15-24)32-23(35)19-12-33(9-7-27)22-21(19)17(6-8-31-22)10-16-2-4-18(5-3-16)26(28,29)30;19-6-8-24-10-14(17(25)26)15-12(5-7-23-16(15)24)9-11-1-3-13(4-2-11)18(20,21)22;1-11-6(10)2-7-3-8(9,4-7)5-7/h2-6,8,12H,7,9-11,13-15H2,1H3,(H,32,35);1-5,7,10H,6,8-9H2,(H,25,26);2-5,9H2,1H3. The summed E-state index contributed by atoms with van der Waals surface area (Å²) in [5.41, 5.74) is 7.91. The molecular formula is C52H52F8N6O7. The molecule has 6 aliphatic rings. The first kappa shape index (κ1) is 52.4. The third kappa shape index (κ3) is 10.9. The van der Waals surface area contributed by atoms with E-state index in [4.69, 9.17) is 10.5 Å². The van der Waals surface area contributed by atoms with Crippen LogP contribution in [0.5, 0.6) is 0 Å². The first-order chi connectivity index (χ1) is 34.5. The van der Waals surface area contributed by atoms with Gasteiger partial charge in [0.2, 0.25) is 0 Å². The van der Waals surface area contributed by atoms with Gasteiger partial charge in [-0.25, -0.2) is 23.5 Å². The van der Waals surface area contributed by atoms with Crippen molar-refractivity contribution >= 4 is 45.9 Å². The quantitative estimate of drug-likeness (QED) is 0.0662. The molecule has 0 unspecified atom stereocenters. The van der Waals surface area contributed by atoms with E-state index in [9.17, 15) is 59.4 Å². The number of nitrogens with two attached hydrogens (primary N) is 1. The van der Waals surface area contributed by atoms with Crippen LogP contribution in [0, 0.1) is 10.8 Å². The number of rotatable bonds is 15. The van der Waals surface area contributed by atoms with Gasteiger partial charge < -0.3 is 34.8 Å². The number of pyridine rings is 2. The lowest BCUT2D eigenvalue weighted by Crippen LogP contribution is -2.75. The minimum absolute atomic E-state index is 0.0107. The summed E-state index contributed by atoms with van der Waals surface area (Å²) in [6.07, 6.45) is 3.67. The Hall–Kier alpha value is -6.90. The number of alkyl halides is 8. The summed E-state index contributed by atoms with van der Waals surface area (Å²) < 4.78 is 115. The van der Waals surface area contributed by atoms with E-state index in [1.807, 2.05) is 0 Å². The molecule has 4 N–H and O–H groups in total. The van der Waals surface area contributed by atoms with E-state index in [1.54, 1.807) is 29.1 Å². The Morgan fingerprint density at radius 2 is 1.04 bits per heavy atom. The maximum absolute atomic E-state index is 13.4. The monoisotopic (exact) mass is 1020 g/mol. The number of fused-ring (bicyclic) bond motifs is 2. The van der Waals surface area contributed by atoms with Crippen molar-refractivity contribution in [3.63, 3.8) is 0 Å². The molecule has 6 fully saturated rings. The predicted octanol–water partition coefficient (Wildman–Crippen LogP) is 9.58. The van der Waals surface area contributed by atoms with Gasteiger partial charge in [-0.05, 0) is 121 Å². The van der Waals surface area contributed by atoms with E-state index in [1.165, 1.54) is 55.4 Å². The van der Waals surface area contributed by atoms with Gasteiger partial charge in [0.15, 0.2) is 0 Å². The van der Waals surface area contributed by atoms with E-state index in [-0.39, 0.29) is 71.2 Å². The summed E-state index contributed by atoms with van der Waals surface area (Å²) in [6, 6.07) is 12.9. The fourth-order valence-electron chi connectivity index (χ4n) is 11.4. The molecule has 21 heteroatoms. The second-order valence-corrected chi connectivity index (χ2v) is 19.9. The van der Waals surface area contributed by atoms with Gasteiger partial charge >= 0.3 is 30.3 Å². The van der Waals surface area contributed by atoms with Gasteiger partial charge in [-0.1, -0.05) is 24.3 Å². The fourth-order valence-corrected chi connectivity index (χ4v) is 11.4. The summed E-state index contributed by atoms with van der Waals surface area (Å²) in [4.78, 5) is 56.0. The number of esters is 2. The number of carboxylic acids is 1. The molecule has 4 aromatic heterocycles. The zero-order valence-corrected chi connectivity index (χ0v) is 39.8. The van der Waals surface area contributed by atoms with Crippen LogP contribution in [0.3, 0.4) is 0 Å². The van der Waals surface area contributed by atoms with Crippen molar-refractivity contribution in [2.75, 3.05) is 27.6 Å². The molecule has 6 aliphatic carbocycles. The number of ether oxygens (including phenoxy) is 2. The highest BCUT2D eigenvalue weighted by Crippen LogP contribution is 2.69. The highest BCUT2D eigenvalue weighted by atomic mass is 19.4. The molecule has 6 saturated carbocycles. The molecule has 73 heavy (non-hydrogen) atoms. The maximum atomic E-state index is 13.4. The number of methoxy groups -OCH3 is 2. The molecule has 0 radical (unpaired) electrons. The van der Waals surface area contributed by atoms with E-state index in [0.717, 1.165) is 43.5 Å². The number of carbonyl (C=O) groups excluding carboxylic acids is 3. The number of benzene rings is 2. The molecule has 1 amide bonds. The number of hydrogen-bond acceptors (Lipinski definition) is 9. The number of carboxylic acid groups (broad SMARTS) is 1. The van der Waals surface area contributed by atoms with Crippen molar-refractivity contribution in [3.05, 3.63) is 130 Å². The molecule has 388 valence electrons. The zero-order chi connectivity index (χ0) is 52.7. The van der Waals surface area contributed by atoms with E-state index < -0.39 is 42.8 Å². The van der Waals surface area contributed by atoms with Crippen molar-refractivity contribution in [1.82, 2.24) is 24.4 Å². The Morgan fingerprint density at radius 3 is 1.41 bits per heavy atom. The summed E-state index contributed by atoms with van der Waals surface area (Å²) in [5, 5.41) is 13.4. The largest absolute Gasteiger partial charge is 0.478 e. The molecule has 4 bridgehead atoms. The Balaban J connectivity index is 0.000000166. The number of amides is 1. The van der Waals surface area contributed by atoms with E-state index in [0.29, 0.717) is 82.0 Å². The van der Waals surface area contributed by atoms with Gasteiger partial charge in [0.25, 0.3) is 5.91 Å². The van der Waals surface area contributed by atoms with Gasteiger partial charge in [-0.2, -0.15) is 26.3 Å². The Bertz CT molecular complexity index is 3020. The third-order valence-electron chi connectivity index (χ3n) is 14.4. The van der Waals surface area contributed by atoms with E-state index >= 15 is 0 Å². The molecule has 0 atom stereocenters. The molecule has 4 heterocycles. The third-order valence-corrected chi connectivity index (χ3v) is 14.4. The number of aromatic carboxylic acids is 1. The number of halogens is 8. The van der Waals surface area contributed by atoms with Crippen LogP contribution in [-0.2, 0) is 57.3 Å². The van der Waals surface area contributed by atoms with Crippen molar-refractivity contribution in [3.8, 4) is 0 Å². The van der Waals surface area contributed by atoms with Gasteiger partial charge in [0, 0.05) is 46.6 Å². The maximum Gasteiger partial charge on any atom is 0.416 e.